The number of nitrogens with zero attached hydrogens (tertiary/aromatic N) is 1. The number of amides is 1. The van der Waals surface area contributed by atoms with Crippen LogP contribution in [0.25, 0.3) is 6.08 Å². The third-order valence-electron chi connectivity index (χ3n) is 3.45. The molecule has 0 aromatic heterocycles. The highest BCUT2D eigenvalue weighted by atomic mass is 19.1. The first-order valence-electron chi connectivity index (χ1n) is 6.55. The average molecular weight is 279 g/mol. The van der Waals surface area contributed by atoms with Crippen molar-refractivity contribution < 1.29 is 19.0 Å². The Morgan fingerprint density at radius 3 is 3.00 bits per heavy atom. The van der Waals surface area contributed by atoms with E-state index in [4.69, 9.17) is 9.84 Å². The van der Waals surface area contributed by atoms with E-state index >= 15 is 0 Å². The largest absolute Gasteiger partial charge is 0.494 e. The zero-order valence-electron chi connectivity index (χ0n) is 11.4. The number of halogens is 1. The molecule has 1 aliphatic rings. The number of aliphatic hydroxyl groups is 1. The Labute approximate surface area is 117 Å². The number of rotatable bonds is 4. The summed E-state index contributed by atoms with van der Waals surface area (Å²) in [5, 5.41) is 9.04. The number of aliphatic hydroxyl groups excluding tert-OH is 1. The SMILES string of the molecule is COc1ccc(/C=C/C(=O)N2CCC(CO)C2)cc1F. The summed E-state index contributed by atoms with van der Waals surface area (Å²) in [6.07, 6.45) is 3.84. The molecule has 1 aliphatic heterocycles. The molecule has 1 aromatic rings. The van der Waals surface area contributed by atoms with Gasteiger partial charge in [-0.2, -0.15) is 0 Å². The third kappa shape index (κ3) is 3.36. The van der Waals surface area contributed by atoms with E-state index in [1.165, 1.54) is 25.3 Å². The summed E-state index contributed by atoms with van der Waals surface area (Å²) in [5.74, 6) is -0.217. The minimum Gasteiger partial charge on any atom is -0.494 e. The zero-order chi connectivity index (χ0) is 14.5. The van der Waals surface area contributed by atoms with Crippen LogP contribution in [0.3, 0.4) is 0 Å². The highest BCUT2D eigenvalue weighted by Gasteiger charge is 2.24. The topological polar surface area (TPSA) is 49.8 Å². The van der Waals surface area contributed by atoms with E-state index in [0.29, 0.717) is 18.7 Å². The molecule has 2 rings (SSSR count). The van der Waals surface area contributed by atoms with Crippen LogP contribution < -0.4 is 4.74 Å². The fourth-order valence-electron chi connectivity index (χ4n) is 2.24. The molecule has 0 bridgehead atoms. The van der Waals surface area contributed by atoms with Crippen LogP contribution in [0.5, 0.6) is 5.75 Å². The lowest BCUT2D eigenvalue weighted by Crippen LogP contribution is -2.27. The van der Waals surface area contributed by atoms with E-state index in [1.54, 1.807) is 17.0 Å². The van der Waals surface area contributed by atoms with Gasteiger partial charge < -0.3 is 14.7 Å². The quantitative estimate of drug-likeness (QED) is 0.853. The molecule has 0 saturated carbocycles. The Kier molecular flexibility index (Phi) is 4.74. The molecule has 1 fully saturated rings. The lowest BCUT2D eigenvalue weighted by molar-refractivity contribution is -0.125. The highest BCUT2D eigenvalue weighted by Crippen LogP contribution is 2.19. The zero-order valence-corrected chi connectivity index (χ0v) is 11.4. The first-order valence-corrected chi connectivity index (χ1v) is 6.55. The molecule has 4 nitrogen and oxygen atoms in total. The van der Waals surface area contributed by atoms with Crippen molar-refractivity contribution in [2.75, 3.05) is 26.8 Å². The van der Waals surface area contributed by atoms with Crippen LogP contribution in [0.1, 0.15) is 12.0 Å². The molecular weight excluding hydrogens is 261 g/mol. The number of likely N-dealkylation sites (tertiary alicyclic amines) is 1. The molecule has 20 heavy (non-hydrogen) atoms. The van der Waals surface area contributed by atoms with Gasteiger partial charge in [-0.25, -0.2) is 4.39 Å². The molecule has 108 valence electrons. The van der Waals surface area contributed by atoms with E-state index in [9.17, 15) is 9.18 Å². The third-order valence-corrected chi connectivity index (χ3v) is 3.45. The predicted molar refractivity (Wildman–Crippen MR) is 73.8 cm³/mol. The Bertz CT molecular complexity index is 516. The lowest BCUT2D eigenvalue weighted by atomic mass is 10.1. The van der Waals surface area contributed by atoms with E-state index in [-0.39, 0.29) is 24.2 Å². The van der Waals surface area contributed by atoms with E-state index in [1.807, 2.05) is 0 Å². The second kappa shape index (κ2) is 6.52. The predicted octanol–water partition coefficient (Wildman–Crippen LogP) is 1.69. The number of methoxy groups -OCH3 is 1. The number of carbonyl (C=O) groups is 1. The number of ether oxygens (including phenoxy) is 1. The molecule has 0 aliphatic carbocycles. The van der Waals surface area contributed by atoms with Crippen molar-refractivity contribution in [2.24, 2.45) is 5.92 Å². The molecule has 5 heteroatoms. The second-order valence-electron chi connectivity index (χ2n) is 4.85. The normalized spacial score (nSPS) is 18.8. The van der Waals surface area contributed by atoms with Crippen LogP contribution in [-0.2, 0) is 4.79 Å². The van der Waals surface area contributed by atoms with Gasteiger partial charge in [0, 0.05) is 31.7 Å². The van der Waals surface area contributed by atoms with Gasteiger partial charge in [0.25, 0.3) is 0 Å². The molecule has 1 amide bonds. The number of hydrogen-bond donors (Lipinski definition) is 1. The summed E-state index contributed by atoms with van der Waals surface area (Å²) >= 11 is 0. The van der Waals surface area contributed by atoms with Crippen molar-refractivity contribution in [1.82, 2.24) is 4.90 Å². The summed E-state index contributed by atoms with van der Waals surface area (Å²) in [4.78, 5) is 13.6. The van der Waals surface area contributed by atoms with Crippen LogP contribution in [0.15, 0.2) is 24.3 Å². The number of carbonyl (C=O) groups excluding carboxylic acids is 1. The summed E-state index contributed by atoms with van der Waals surface area (Å²) in [5.41, 5.74) is 0.606. The van der Waals surface area contributed by atoms with Crippen LogP contribution in [0.2, 0.25) is 0 Å². The average Bonchev–Trinajstić information content (AvgIpc) is 2.94. The smallest absolute Gasteiger partial charge is 0.246 e. The Morgan fingerprint density at radius 1 is 1.60 bits per heavy atom. The van der Waals surface area contributed by atoms with E-state index in [2.05, 4.69) is 0 Å². The summed E-state index contributed by atoms with van der Waals surface area (Å²) in [6.45, 7) is 1.35. The fraction of sp³-hybridized carbons (Fsp3) is 0.400. The molecule has 1 saturated heterocycles. The molecule has 0 radical (unpaired) electrons. The molecular formula is C15H18FNO3. The summed E-state index contributed by atoms with van der Waals surface area (Å²) in [7, 11) is 1.41. The van der Waals surface area contributed by atoms with Gasteiger partial charge in [0.05, 0.1) is 7.11 Å². The maximum Gasteiger partial charge on any atom is 0.246 e. The van der Waals surface area contributed by atoms with Gasteiger partial charge in [0.1, 0.15) is 0 Å². The van der Waals surface area contributed by atoms with Crippen LogP contribution in [0, 0.1) is 11.7 Å². The second-order valence-corrected chi connectivity index (χ2v) is 4.85. The standard InChI is InChI=1S/C15H18FNO3/c1-20-14-4-2-11(8-13(14)16)3-5-15(19)17-7-6-12(9-17)10-18/h2-5,8,12,18H,6-7,9-10H2,1H3/b5-3+. The van der Waals surface area contributed by atoms with Gasteiger partial charge >= 0.3 is 0 Å². The summed E-state index contributed by atoms with van der Waals surface area (Å²) < 4.78 is 18.3. The molecule has 0 spiro atoms. The first kappa shape index (κ1) is 14.5. The molecule has 1 aromatic carbocycles. The summed E-state index contributed by atoms with van der Waals surface area (Å²) in [6, 6.07) is 4.53. The number of hydrogen-bond acceptors (Lipinski definition) is 3. The van der Waals surface area contributed by atoms with Crippen molar-refractivity contribution in [3.8, 4) is 5.75 Å². The maximum atomic E-state index is 13.5. The van der Waals surface area contributed by atoms with E-state index in [0.717, 1.165) is 6.42 Å². The van der Waals surface area contributed by atoms with Gasteiger partial charge in [-0.15, -0.1) is 0 Å². The van der Waals surface area contributed by atoms with Gasteiger partial charge in [-0.05, 0) is 30.2 Å². The molecule has 1 heterocycles. The van der Waals surface area contributed by atoms with Gasteiger partial charge in [0.2, 0.25) is 5.91 Å². The number of benzene rings is 1. The first-order chi connectivity index (χ1) is 9.63. The lowest BCUT2D eigenvalue weighted by Gasteiger charge is -2.13. The minimum absolute atomic E-state index is 0.108. The van der Waals surface area contributed by atoms with Crippen molar-refractivity contribution in [1.29, 1.82) is 0 Å². The van der Waals surface area contributed by atoms with Crippen LogP contribution in [0.4, 0.5) is 4.39 Å². The van der Waals surface area contributed by atoms with Gasteiger partial charge in [0.15, 0.2) is 11.6 Å². The van der Waals surface area contributed by atoms with Crippen molar-refractivity contribution in [2.45, 2.75) is 6.42 Å². The Morgan fingerprint density at radius 2 is 2.40 bits per heavy atom. The molecule has 1 N–H and O–H groups in total. The fourth-order valence-corrected chi connectivity index (χ4v) is 2.24. The van der Waals surface area contributed by atoms with Crippen molar-refractivity contribution in [3.05, 3.63) is 35.7 Å². The Balaban J connectivity index is 1.99. The van der Waals surface area contributed by atoms with Gasteiger partial charge in [-0.3, -0.25) is 4.79 Å². The van der Waals surface area contributed by atoms with Crippen LogP contribution in [-0.4, -0.2) is 42.7 Å². The van der Waals surface area contributed by atoms with Crippen molar-refractivity contribution >= 4 is 12.0 Å². The van der Waals surface area contributed by atoms with Crippen LogP contribution >= 0.6 is 0 Å². The van der Waals surface area contributed by atoms with E-state index < -0.39 is 5.82 Å². The maximum absolute atomic E-state index is 13.5. The van der Waals surface area contributed by atoms with Gasteiger partial charge in [-0.1, -0.05) is 6.07 Å². The monoisotopic (exact) mass is 279 g/mol. The molecule has 1 unspecified atom stereocenters. The highest BCUT2D eigenvalue weighted by molar-refractivity contribution is 5.92. The molecule has 1 atom stereocenters. The Hall–Kier alpha value is -1.88. The van der Waals surface area contributed by atoms with Crippen molar-refractivity contribution in [3.63, 3.8) is 0 Å². The minimum atomic E-state index is -0.455.